The third kappa shape index (κ3) is 4.15. The molecule has 98 valence electrons. The lowest BCUT2D eigenvalue weighted by Gasteiger charge is -2.11. The van der Waals surface area contributed by atoms with E-state index in [1.54, 1.807) is 0 Å². The van der Waals surface area contributed by atoms with Crippen LogP contribution in [0.1, 0.15) is 43.9 Å². The van der Waals surface area contributed by atoms with Gasteiger partial charge in [0.25, 0.3) is 0 Å². The molecule has 1 atom stereocenters. The fraction of sp³-hybridized carbons (Fsp3) is 0.412. The number of benzene rings is 1. The van der Waals surface area contributed by atoms with Gasteiger partial charge in [0.05, 0.1) is 0 Å². The van der Waals surface area contributed by atoms with Gasteiger partial charge in [0, 0.05) is 6.04 Å². The average Bonchev–Trinajstić information content (AvgIpc) is 2.33. The smallest absolute Gasteiger partial charge is 0.00510 e. The lowest BCUT2D eigenvalue weighted by atomic mass is 9.96. The largest absolute Gasteiger partial charge is 0.328 e. The summed E-state index contributed by atoms with van der Waals surface area (Å²) < 4.78 is 0. The summed E-state index contributed by atoms with van der Waals surface area (Å²) in [4.78, 5) is 0. The molecule has 1 aromatic rings. The van der Waals surface area contributed by atoms with Crippen LogP contribution in [0.3, 0.4) is 0 Å². The van der Waals surface area contributed by atoms with Gasteiger partial charge >= 0.3 is 0 Å². The Morgan fingerprint density at radius 3 is 2.61 bits per heavy atom. The number of allylic oxidation sites excluding steroid dienone is 4. The van der Waals surface area contributed by atoms with E-state index in [9.17, 15) is 0 Å². The second-order valence-corrected chi connectivity index (χ2v) is 4.88. The van der Waals surface area contributed by atoms with Gasteiger partial charge in [0.2, 0.25) is 0 Å². The summed E-state index contributed by atoms with van der Waals surface area (Å²) in [5.41, 5.74) is 11.1. The predicted octanol–water partition coefficient (Wildman–Crippen LogP) is 4.25. The molecule has 0 fully saturated rings. The monoisotopic (exact) mass is 243 g/mol. The van der Waals surface area contributed by atoms with E-state index < -0.39 is 0 Å². The lowest BCUT2D eigenvalue weighted by molar-refractivity contribution is 0.735. The molecule has 0 spiro atoms. The van der Waals surface area contributed by atoms with Crippen molar-refractivity contribution in [3.8, 4) is 0 Å². The van der Waals surface area contributed by atoms with Crippen LogP contribution in [0, 0.1) is 6.92 Å². The summed E-state index contributed by atoms with van der Waals surface area (Å²) in [5, 5.41) is 0. The van der Waals surface area contributed by atoms with Gasteiger partial charge < -0.3 is 5.73 Å². The highest BCUT2D eigenvalue weighted by atomic mass is 14.6. The normalized spacial score (nSPS) is 14.2. The number of rotatable bonds is 5. The zero-order valence-electron chi connectivity index (χ0n) is 12.0. The fourth-order valence-electron chi connectivity index (χ4n) is 2.06. The summed E-state index contributed by atoms with van der Waals surface area (Å²) in [6.07, 6.45) is 8.56. The first-order chi connectivity index (χ1) is 8.58. The Morgan fingerprint density at radius 2 is 2.11 bits per heavy atom. The van der Waals surface area contributed by atoms with Crippen molar-refractivity contribution >= 4 is 5.57 Å². The first kappa shape index (κ1) is 14.7. The number of aryl methyl sites for hydroxylation is 1. The summed E-state index contributed by atoms with van der Waals surface area (Å²) in [5.74, 6) is 0. The molecule has 0 saturated heterocycles. The second kappa shape index (κ2) is 7.17. The van der Waals surface area contributed by atoms with Crippen LogP contribution in [-0.2, 0) is 6.42 Å². The molecule has 0 saturated carbocycles. The van der Waals surface area contributed by atoms with Crippen LogP contribution in [-0.4, -0.2) is 6.04 Å². The highest BCUT2D eigenvalue weighted by molar-refractivity contribution is 5.74. The Bertz CT molecular complexity index is 439. The van der Waals surface area contributed by atoms with Crippen LogP contribution in [0.5, 0.6) is 0 Å². The van der Waals surface area contributed by atoms with Crippen molar-refractivity contribution in [2.24, 2.45) is 5.73 Å². The summed E-state index contributed by atoms with van der Waals surface area (Å²) in [6, 6.07) is 6.88. The zero-order chi connectivity index (χ0) is 13.5. The Balaban J connectivity index is 2.99. The number of hydrogen-bond donors (Lipinski definition) is 1. The molecule has 1 heteroatoms. The highest BCUT2D eigenvalue weighted by Crippen LogP contribution is 2.20. The quantitative estimate of drug-likeness (QED) is 0.768. The van der Waals surface area contributed by atoms with Crippen LogP contribution >= 0.6 is 0 Å². The van der Waals surface area contributed by atoms with Gasteiger partial charge in [0.1, 0.15) is 0 Å². The molecule has 1 aromatic carbocycles. The molecule has 0 heterocycles. The van der Waals surface area contributed by atoms with E-state index >= 15 is 0 Å². The maximum absolute atomic E-state index is 5.86. The maximum Gasteiger partial charge on any atom is 0.00510 e. The van der Waals surface area contributed by atoms with Crippen molar-refractivity contribution < 1.29 is 0 Å². The molecule has 0 amide bonds. The first-order valence-electron chi connectivity index (χ1n) is 6.76. The Kier molecular flexibility index (Phi) is 5.87. The van der Waals surface area contributed by atoms with Crippen molar-refractivity contribution in [1.29, 1.82) is 0 Å². The molecule has 0 aliphatic carbocycles. The molecule has 0 aliphatic rings. The predicted molar refractivity (Wildman–Crippen MR) is 81.6 cm³/mol. The molecular weight excluding hydrogens is 218 g/mol. The van der Waals surface area contributed by atoms with Crippen LogP contribution in [0.25, 0.3) is 5.57 Å². The third-order valence-corrected chi connectivity index (χ3v) is 3.06. The van der Waals surface area contributed by atoms with Crippen LogP contribution in [0.15, 0.2) is 36.4 Å². The van der Waals surface area contributed by atoms with Gasteiger partial charge in [-0.05, 0) is 55.9 Å². The minimum Gasteiger partial charge on any atom is -0.328 e. The van der Waals surface area contributed by atoms with Gasteiger partial charge in [-0.25, -0.2) is 0 Å². The minimum absolute atomic E-state index is 0.218. The van der Waals surface area contributed by atoms with E-state index in [4.69, 9.17) is 5.73 Å². The van der Waals surface area contributed by atoms with Gasteiger partial charge in [-0.15, -0.1) is 0 Å². The molecule has 1 nitrogen and oxygen atoms in total. The molecule has 18 heavy (non-hydrogen) atoms. The van der Waals surface area contributed by atoms with Crippen LogP contribution < -0.4 is 5.73 Å². The van der Waals surface area contributed by atoms with Gasteiger partial charge in [-0.1, -0.05) is 43.4 Å². The van der Waals surface area contributed by atoms with E-state index in [0.717, 1.165) is 12.8 Å². The standard InChI is InChI=1S/C17H25N/c1-5-7-8-15(6-2)17-10-9-16(12-14(4)18)13(3)11-17/h6-11,14H,5,12,18H2,1-4H3/b8-7-,15-6+. The zero-order valence-corrected chi connectivity index (χ0v) is 12.0. The second-order valence-electron chi connectivity index (χ2n) is 4.88. The molecule has 0 aromatic heterocycles. The Hall–Kier alpha value is -1.34. The summed E-state index contributed by atoms with van der Waals surface area (Å²) >= 11 is 0. The van der Waals surface area contributed by atoms with Gasteiger partial charge in [0.15, 0.2) is 0 Å². The number of hydrogen-bond acceptors (Lipinski definition) is 1. The first-order valence-corrected chi connectivity index (χ1v) is 6.76. The molecule has 1 rings (SSSR count). The fourth-order valence-corrected chi connectivity index (χ4v) is 2.06. The Labute approximate surface area is 111 Å². The Morgan fingerprint density at radius 1 is 1.39 bits per heavy atom. The average molecular weight is 243 g/mol. The van der Waals surface area contributed by atoms with Gasteiger partial charge in [-0.3, -0.25) is 0 Å². The maximum atomic E-state index is 5.86. The van der Waals surface area contributed by atoms with Crippen molar-refractivity contribution in [1.82, 2.24) is 0 Å². The van der Waals surface area contributed by atoms with E-state index in [1.807, 2.05) is 0 Å². The molecule has 1 unspecified atom stereocenters. The van der Waals surface area contributed by atoms with Crippen molar-refractivity contribution in [3.63, 3.8) is 0 Å². The van der Waals surface area contributed by atoms with E-state index in [1.165, 1.54) is 22.3 Å². The van der Waals surface area contributed by atoms with Crippen molar-refractivity contribution in [2.45, 2.75) is 46.6 Å². The summed E-state index contributed by atoms with van der Waals surface area (Å²) in [6.45, 7) is 8.45. The van der Waals surface area contributed by atoms with Gasteiger partial charge in [-0.2, -0.15) is 0 Å². The SMILES string of the molecule is C/C=C(\C=C/CC)c1ccc(CC(C)N)c(C)c1. The van der Waals surface area contributed by atoms with Crippen LogP contribution in [0.2, 0.25) is 0 Å². The summed E-state index contributed by atoms with van der Waals surface area (Å²) in [7, 11) is 0. The molecule has 0 aliphatic heterocycles. The van der Waals surface area contributed by atoms with E-state index in [-0.39, 0.29) is 6.04 Å². The van der Waals surface area contributed by atoms with E-state index in [2.05, 4.69) is 64.1 Å². The molecule has 0 radical (unpaired) electrons. The van der Waals surface area contributed by atoms with Crippen LogP contribution in [0.4, 0.5) is 0 Å². The molecular formula is C17H25N. The van der Waals surface area contributed by atoms with Crippen molar-refractivity contribution in [3.05, 3.63) is 53.1 Å². The van der Waals surface area contributed by atoms with E-state index in [0.29, 0.717) is 0 Å². The number of nitrogens with two attached hydrogens (primary N) is 1. The molecule has 0 bridgehead atoms. The third-order valence-electron chi connectivity index (χ3n) is 3.06. The highest BCUT2D eigenvalue weighted by Gasteiger charge is 2.04. The minimum atomic E-state index is 0.218. The topological polar surface area (TPSA) is 26.0 Å². The van der Waals surface area contributed by atoms with Crippen molar-refractivity contribution in [2.75, 3.05) is 0 Å². The lowest BCUT2D eigenvalue weighted by Crippen LogP contribution is -2.18. The molecule has 2 N–H and O–H groups in total.